The fourth-order valence-corrected chi connectivity index (χ4v) is 4.18. The number of pyridine rings is 1. The zero-order chi connectivity index (χ0) is 20.3. The van der Waals surface area contributed by atoms with Crippen LogP contribution in [0.15, 0.2) is 70.7 Å². The fraction of sp³-hybridized carbons (Fsp3) is 0.200. The number of nitrogens with zero attached hydrogens (tertiary/aromatic N) is 2. The smallest absolute Gasteiger partial charge is 0.244 e. The van der Waals surface area contributed by atoms with E-state index in [1.54, 1.807) is 13.0 Å². The highest BCUT2D eigenvalue weighted by Gasteiger charge is 2.19. The van der Waals surface area contributed by atoms with Gasteiger partial charge in [0, 0.05) is 26.0 Å². The molecule has 1 heterocycles. The number of rotatable bonds is 6. The standard InChI is InChI=1S/C20H21N3O3S2/c1-14(27-19-11-10-18(13-21-19)28(25,26)23(2)3)20(24)22-17-9-8-15-6-4-5-7-16(15)12-17/h4-14H,1-3H3,(H,22,24)/t14-/m1/s1. The van der Waals surface area contributed by atoms with Crippen molar-refractivity contribution in [1.29, 1.82) is 0 Å². The Kier molecular flexibility index (Phi) is 6.02. The molecule has 1 aromatic heterocycles. The van der Waals surface area contributed by atoms with Crippen LogP contribution in [0.4, 0.5) is 5.69 Å². The highest BCUT2D eigenvalue weighted by molar-refractivity contribution is 8.00. The number of benzene rings is 2. The molecule has 1 N–H and O–H groups in total. The molecule has 6 nitrogen and oxygen atoms in total. The van der Waals surface area contributed by atoms with Gasteiger partial charge in [0.05, 0.1) is 10.3 Å². The summed E-state index contributed by atoms with van der Waals surface area (Å²) in [5.74, 6) is -0.146. The van der Waals surface area contributed by atoms with Crippen LogP contribution in [-0.2, 0) is 14.8 Å². The Morgan fingerprint density at radius 3 is 2.43 bits per heavy atom. The molecule has 28 heavy (non-hydrogen) atoms. The summed E-state index contributed by atoms with van der Waals surface area (Å²) in [5, 5.41) is 5.27. The topological polar surface area (TPSA) is 79.4 Å². The maximum absolute atomic E-state index is 12.5. The second-order valence-corrected chi connectivity index (χ2v) is 9.94. The number of thioether (sulfide) groups is 1. The van der Waals surface area contributed by atoms with Gasteiger partial charge >= 0.3 is 0 Å². The second kappa shape index (κ2) is 8.30. The molecule has 0 bridgehead atoms. The van der Waals surface area contributed by atoms with Crippen LogP contribution in [0.1, 0.15) is 6.92 Å². The number of amides is 1. The van der Waals surface area contributed by atoms with Crippen molar-refractivity contribution in [3.63, 3.8) is 0 Å². The van der Waals surface area contributed by atoms with E-state index in [1.807, 2.05) is 42.5 Å². The van der Waals surface area contributed by atoms with E-state index in [2.05, 4.69) is 10.3 Å². The molecular weight excluding hydrogens is 394 g/mol. The van der Waals surface area contributed by atoms with E-state index < -0.39 is 15.3 Å². The molecule has 8 heteroatoms. The minimum atomic E-state index is -3.51. The van der Waals surface area contributed by atoms with Crippen LogP contribution in [-0.4, -0.2) is 43.0 Å². The Hall–Kier alpha value is -2.42. The molecule has 0 aliphatic heterocycles. The number of anilines is 1. The van der Waals surface area contributed by atoms with Gasteiger partial charge in [-0.1, -0.05) is 42.1 Å². The predicted molar refractivity (Wildman–Crippen MR) is 113 cm³/mol. The molecule has 1 atom stereocenters. The van der Waals surface area contributed by atoms with Crippen LogP contribution in [0.5, 0.6) is 0 Å². The van der Waals surface area contributed by atoms with E-state index in [0.717, 1.165) is 20.8 Å². The molecule has 3 rings (SSSR count). The second-order valence-electron chi connectivity index (χ2n) is 6.43. The summed E-state index contributed by atoms with van der Waals surface area (Å²) < 4.78 is 25.3. The first-order valence-electron chi connectivity index (χ1n) is 8.62. The third kappa shape index (κ3) is 4.52. The summed E-state index contributed by atoms with van der Waals surface area (Å²) in [5.41, 5.74) is 0.733. The highest BCUT2D eigenvalue weighted by Crippen LogP contribution is 2.25. The number of sulfonamides is 1. The van der Waals surface area contributed by atoms with Crippen molar-refractivity contribution < 1.29 is 13.2 Å². The van der Waals surface area contributed by atoms with Gasteiger partial charge in [-0.2, -0.15) is 0 Å². The Bertz CT molecular complexity index is 1100. The van der Waals surface area contributed by atoms with Crippen LogP contribution in [0.25, 0.3) is 10.8 Å². The minimum Gasteiger partial charge on any atom is -0.325 e. The van der Waals surface area contributed by atoms with Crippen LogP contribution >= 0.6 is 11.8 Å². The van der Waals surface area contributed by atoms with Gasteiger partial charge in [-0.05, 0) is 42.0 Å². The average molecular weight is 416 g/mol. The first-order valence-corrected chi connectivity index (χ1v) is 10.9. The lowest BCUT2D eigenvalue weighted by atomic mass is 10.1. The van der Waals surface area contributed by atoms with Crippen LogP contribution in [0, 0.1) is 0 Å². The van der Waals surface area contributed by atoms with Gasteiger partial charge < -0.3 is 5.32 Å². The largest absolute Gasteiger partial charge is 0.325 e. The van der Waals surface area contributed by atoms with E-state index in [-0.39, 0.29) is 10.8 Å². The normalized spacial score (nSPS) is 12.9. The molecule has 0 saturated carbocycles. The van der Waals surface area contributed by atoms with Crippen molar-refractivity contribution in [2.75, 3.05) is 19.4 Å². The molecule has 0 aliphatic carbocycles. The van der Waals surface area contributed by atoms with Gasteiger partial charge in [0.25, 0.3) is 0 Å². The van der Waals surface area contributed by atoms with Gasteiger partial charge in [-0.25, -0.2) is 17.7 Å². The van der Waals surface area contributed by atoms with Crippen LogP contribution in [0.3, 0.4) is 0 Å². The molecule has 146 valence electrons. The molecule has 0 saturated heterocycles. The fourth-order valence-electron chi connectivity index (χ4n) is 2.55. The van der Waals surface area contributed by atoms with Gasteiger partial charge in [0.2, 0.25) is 15.9 Å². The molecule has 3 aromatic rings. The quantitative estimate of drug-likeness (QED) is 0.622. The molecule has 0 radical (unpaired) electrons. The SMILES string of the molecule is C[C@@H](Sc1ccc(S(=O)(=O)N(C)C)cn1)C(=O)Nc1ccc2ccccc2c1. The van der Waals surface area contributed by atoms with Crippen LogP contribution < -0.4 is 5.32 Å². The predicted octanol–water partition coefficient (Wildman–Crippen LogP) is 3.60. The minimum absolute atomic E-state index is 0.120. The Balaban J connectivity index is 1.66. The Morgan fingerprint density at radius 2 is 1.79 bits per heavy atom. The average Bonchev–Trinajstić information content (AvgIpc) is 2.68. The van der Waals surface area contributed by atoms with E-state index >= 15 is 0 Å². The summed E-state index contributed by atoms with van der Waals surface area (Å²) in [4.78, 5) is 16.8. The van der Waals surface area contributed by atoms with Gasteiger partial charge in [0.1, 0.15) is 4.90 Å². The van der Waals surface area contributed by atoms with Gasteiger partial charge in [-0.15, -0.1) is 0 Å². The molecule has 1 amide bonds. The molecule has 0 unspecified atom stereocenters. The molecular formula is C20H21N3O3S2. The van der Waals surface area contributed by atoms with E-state index in [0.29, 0.717) is 5.03 Å². The van der Waals surface area contributed by atoms with Crippen molar-refractivity contribution in [2.45, 2.75) is 22.1 Å². The number of carbonyl (C=O) groups is 1. The first-order chi connectivity index (χ1) is 13.3. The third-order valence-electron chi connectivity index (χ3n) is 4.17. The lowest BCUT2D eigenvalue weighted by Gasteiger charge is -2.13. The van der Waals surface area contributed by atoms with E-state index in [9.17, 15) is 13.2 Å². The molecule has 0 fully saturated rings. The Labute approximate surface area is 169 Å². The number of nitrogens with one attached hydrogen (secondary N) is 1. The third-order valence-corrected chi connectivity index (χ3v) is 7.02. The summed E-state index contributed by atoms with van der Waals surface area (Å²) in [6, 6.07) is 16.8. The maximum atomic E-state index is 12.5. The van der Waals surface area contributed by atoms with E-state index in [1.165, 1.54) is 38.1 Å². The first kappa shape index (κ1) is 20.3. The van der Waals surface area contributed by atoms with Gasteiger partial charge in [-0.3, -0.25) is 4.79 Å². The summed E-state index contributed by atoms with van der Waals surface area (Å²) in [7, 11) is -0.576. The zero-order valence-electron chi connectivity index (χ0n) is 15.8. The van der Waals surface area contributed by atoms with Crippen molar-refractivity contribution in [3.8, 4) is 0 Å². The van der Waals surface area contributed by atoms with Gasteiger partial charge in [0.15, 0.2) is 0 Å². The lowest BCUT2D eigenvalue weighted by Crippen LogP contribution is -2.23. The number of hydrogen-bond acceptors (Lipinski definition) is 5. The number of hydrogen-bond donors (Lipinski definition) is 1. The van der Waals surface area contributed by atoms with Crippen LogP contribution in [0.2, 0.25) is 0 Å². The van der Waals surface area contributed by atoms with Crippen molar-refractivity contribution in [2.24, 2.45) is 0 Å². The molecule has 0 aliphatic rings. The van der Waals surface area contributed by atoms with Crippen molar-refractivity contribution in [3.05, 3.63) is 60.8 Å². The van der Waals surface area contributed by atoms with E-state index in [4.69, 9.17) is 0 Å². The summed E-state index contributed by atoms with van der Waals surface area (Å²) >= 11 is 1.27. The number of aromatic nitrogens is 1. The Morgan fingerprint density at radius 1 is 1.07 bits per heavy atom. The highest BCUT2D eigenvalue weighted by atomic mass is 32.2. The monoisotopic (exact) mass is 415 g/mol. The number of carbonyl (C=O) groups excluding carboxylic acids is 1. The molecule has 2 aromatic carbocycles. The number of fused-ring (bicyclic) bond motifs is 1. The zero-order valence-corrected chi connectivity index (χ0v) is 17.4. The lowest BCUT2D eigenvalue weighted by molar-refractivity contribution is -0.115. The summed E-state index contributed by atoms with van der Waals surface area (Å²) in [6.45, 7) is 1.78. The molecule has 0 spiro atoms. The van der Waals surface area contributed by atoms with Crippen molar-refractivity contribution in [1.82, 2.24) is 9.29 Å². The summed E-state index contributed by atoms with van der Waals surface area (Å²) in [6.07, 6.45) is 1.31. The maximum Gasteiger partial charge on any atom is 0.244 e. The van der Waals surface area contributed by atoms with Crippen molar-refractivity contribution >= 4 is 44.2 Å².